The zero-order valence-corrected chi connectivity index (χ0v) is 16.5. The normalized spacial score (nSPS) is 14.4. The molecule has 0 bridgehead atoms. The molecule has 0 atom stereocenters. The zero-order chi connectivity index (χ0) is 19.0. The van der Waals surface area contributed by atoms with Gasteiger partial charge in [-0.25, -0.2) is 4.98 Å². The summed E-state index contributed by atoms with van der Waals surface area (Å²) in [4.78, 5) is 22.4. The summed E-state index contributed by atoms with van der Waals surface area (Å²) in [5, 5.41) is 1.17. The van der Waals surface area contributed by atoms with Crippen molar-refractivity contribution in [2.45, 2.75) is 51.7 Å². The summed E-state index contributed by atoms with van der Waals surface area (Å²) in [5.41, 5.74) is 3.19. The van der Waals surface area contributed by atoms with Crippen LogP contribution in [0.5, 0.6) is 0 Å². The predicted molar refractivity (Wildman–Crippen MR) is 110 cm³/mol. The molecular formula is C22H24ClN3O. The molecule has 4 nitrogen and oxygen atoms in total. The Balaban J connectivity index is 1.57. The van der Waals surface area contributed by atoms with Crippen molar-refractivity contribution in [2.24, 2.45) is 0 Å². The second-order valence-corrected chi connectivity index (χ2v) is 8.14. The molecule has 1 fully saturated rings. The molecule has 0 saturated heterocycles. The lowest BCUT2D eigenvalue weighted by atomic mass is 10.0. The maximum Gasteiger partial charge on any atom is 0.258 e. The maximum atomic E-state index is 12.4. The Hall–Kier alpha value is -2.17. The van der Waals surface area contributed by atoms with Crippen LogP contribution in [0.15, 0.2) is 47.3 Å². The first kappa shape index (κ1) is 18.2. The van der Waals surface area contributed by atoms with Crippen LogP contribution >= 0.6 is 11.6 Å². The quantitative estimate of drug-likeness (QED) is 0.663. The minimum Gasteiger partial charge on any atom is -0.309 e. The number of halogens is 1. The number of nitrogens with zero attached hydrogens (tertiary/aromatic N) is 2. The number of hydrogen-bond donors (Lipinski definition) is 1. The highest BCUT2D eigenvalue weighted by Gasteiger charge is 2.29. The SMILES string of the molecule is CC(C)c1ccc(CN(Cc2nc3cc(Cl)ccc3c(=O)[nH]2)C2CC2)cc1. The lowest BCUT2D eigenvalue weighted by Gasteiger charge is -2.22. The zero-order valence-electron chi connectivity index (χ0n) is 15.7. The summed E-state index contributed by atoms with van der Waals surface area (Å²) in [7, 11) is 0. The van der Waals surface area contributed by atoms with Crippen molar-refractivity contribution < 1.29 is 0 Å². The molecule has 1 aromatic heterocycles. The summed E-state index contributed by atoms with van der Waals surface area (Å²) in [6.07, 6.45) is 2.40. The third kappa shape index (κ3) is 4.23. The number of fused-ring (bicyclic) bond motifs is 1. The van der Waals surface area contributed by atoms with Crippen molar-refractivity contribution in [3.05, 3.63) is 74.8 Å². The monoisotopic (exact) mass is 381 g/mol. The van der Waals surface area contributed by atoms with E-state index in [4.69, 9.17) is 11.6 Å². The van der Waals surface area contributed by atoms with Gasteiger partial charge in [0.05, 0.1) is 17.4 Å². The van der Waals surface area contributed by atoms with Gasteiger partial charge in [-0.2, -0.15) is 0 Å². The number of benzene rings is 2. The summed E-state index contributed by atoms with van der Waals surface area (Å²) >= 11 is 6.07. The first-order chi connectivity index (χ1) is 13.0. The van der Waals surface area contributed by atoms with Crippen LogP contribution in [-0.2, 0) is 13.1 Å². The number of aromatic nitrogens is 2. The van der Waals surface area contributed by atoms with Crippen molar-refractivity contribution in [1.82, 2.24) is 14.9 Å². The number of H-pyrrole nitrogens is 1. The highest BCUT2D eigenvalue weighted by atomic mass is 35.5. The van der Waals surface area contributed by atoms with E-state index in [9.17, 15) is 4.79 Å². The molecule has 0 radical (unpaired) electrons. The van der Waals surface area contributed by atoms with Crippen LogP contribution in [0.25, 0.3) is 10.9 Å². The molecule has 27 heavy (non-hydrogen) atoms. The Morgan fingerprint density at radius 2 is 1.89 bits per heavy atom. The molecular weight excluding hydrogens is 358 g/mol. The molecule has 1 aliphatic carbocycles. The molecule has 4 rings (SSSR count). The average Bonchev–Trinajstić information content (AvgIpc) is 3.46. The summed E-state index contributed by atoms with van der Waals surface area (Å²) < 4.78 is 0. The third-order valence-corrected chi connectivity index (χ3v) is 5.40. The third-order valence-electron chi connectivity index (χ3n) is 5.17. The van der Waals surface area contributed by atoms with E-state index in [1.165, 1.54) is 24.0 Å². The topological polar surface area (TPSA) is 49.0 Å². The van der Waals surface area contributed by atoms with Gasteiger partial charge in [-0.15, -0.1) is 0 Å². The first-order valence-electron chi connectivity index (χ1n) is 9.51. The van der Waals surface area contributed by atoms with Gasteiger partial charge in [-0.05, 0) is 48.1 Å². The Morgan fingerprint density at radius 3 is 2.56 bits per heavy atom. The number of rotatable bonds is 6. The van der Waals surface area contributed by atoms with Crippen molar-refractivity contribution in [3.63, 3.8) is 0 Å². The summed E-state index contributed by atoms with van der Waals surface area (Å²) in [6, 6.07) is 14.6. The second-order valence-electron chi connectivity index (χ2n) is 7.71. The van der Waals surface area contributed by atoms with Gasteiger partial charge in [-0.3, -0.25) is 9.69 Å². The molecule has 140 valence electrons. The van der Waals surface area contributed by atoms with E-state index in [1.54, 1.807) is 18.2 Å². The van der Waals surface area contributed by atoms with Crippen LogP contribution < -0.4 is 5.56 Å². The van der Waals surface area contributed by atoms with E-state index in [0.717, 1.165) is 6.54 Å². The molecule has 0 spiro atoms. The molecule has 3 aromatic rings. The Morgan fingerprint density at radius 1 is 1.15 bits per heavy atom. The fourth-order valence-electron chi connectivity index (χ4n) is 3.42. The number of nitrogens with one attached hydrogen (secondary N) is 1. The lowest BCUT2D eigenvalue weighted by Crippen LogP contribution is -2.27. The fraction of sp³-hybridized carbons (Fsp3) is 0.364. The van der Waals surface area contributed by atoms with Crippen LogP contribution in [0.4, 0.5) is 0 Å². The number of hydrogen-bond acceptors (Lipinski definition) is 3. The lowest BCUT2D eigenvalue weighted by molar-refractivity contribution is 0.239. The Labute approximate surface area is 164 Å². The Bertz CT molecular complexity index is 1010. The molecule has 2 aromatic carbocycles. The van der Waals surface area contributed by atoms with Crippen molar-refractivity contribution >= 4 is 22.5 Å². The van der Waals surface area contributed by atoms with Gasteiger partial charge in [0.2, 0.25) is 0 Å². The van der Waals surface area contributed by atoms with E-state index in [-0.39, 0.29) is 5.56 Å². The van der Waals surface area contributed by atoms with Gasteiger partial charge in [0, 0.05) is 17.6 Å². The molecule has 0 amide bonds. The first-order valence-corrected chi connectivity index (χ1v) is 9.89. The van der Waals surface area contributed by atoms with E-state index >= 15 is 0 Å². The largest absolute Gasteiger partial charge is 0.309 e. The molecule has 1 N–H and O–H groups in total. The van der Waals surface area contributed by atoms with Crippen molar-refractivity contribution in [3.8, 4) is 0 Å². The molecule has 1 saturated carbocycles. The summed E-state index contributed by atoms with van der Waals surface area (Å²) in [6.45, 7) is 5.91. The van der Waals surface area contributed by atoms with Gasteiger partial charge in [0.25, 0.3) is 5.56 Å². The van der Waals surface area contributed by atoms with Crippen molar-refractivity contribution in [1.29, 1.82) is 0 Å². The second kappa shape index (κ2) is 7.45. The van der Waals surface area contributed by atoms with Crippen LogP contribution in [-0.4, -0.2) is 20.9 Å². The maximum absolute atomic E-state index is 12.4. The van der Waals surface area contributed by atoms with Crippen molar-refractivity contribution in [2.75, 3.05) is 0 Å². The predicted octanol–water partition coefficient (Wildman–Crippen LogP) is 4.86. The standard InChI is InChI=1S/C22H24ClN3O/c1-14(2)16-5-3-15(4-6-16)12-26(18-8-9-18)13-21-24-20-11-17(23)7-10-19(20)22(27)25-21/h3-7,10-11,14,18H,8-9,12-13H2,1-2H3,(H,24,25,27). The summed E-state index contributed by atoms with van der Waals surface area (Å²) in [5.74, 6) is 1.23. The molecule has 1 heterocycles. The van der Waals surface area contributed by atoms with Gasteiger partial charge < -0.3 is 4.98 Å². The van der Waals surface area contributed by atoms with Crippen LogP contribution in [0.1, 0.15) is 49.6 Å². The van der Waals surface area contributed by atoms with Gasteiger partial charge in [0.1, 0.15) is 5.82 Å². The highest BCUT2D eigenvalue weighted by Crippen LogP contribution is 2.29. The van der Waals surface area contributed by atoms with Gasteiger partial charge in [0.15, 0.2) is 0 Å². The van der Waals surface area contributed by atoms with Gasteiger partial charge >= 0.3 is 0 Å². The fourth-order valence-corrected chi connectivity index (χ4v) is 3.59. The minimum absolute atomic E-state index is 0.108. The molecule has 1 aliphatic rings. The van der Waals surface area contributed by atoms with E-state index < -0.39 is 0 Å². The van der Waals surface area contributed by atoms with Crippen LogP contribution in [0.2, 0.25) is 5.02 Å². The van der Waals surface area contributed by atoms with E-state index in [1.807, 2.05) is 0 Å². The molecule has 5 heteroatoms. The Kier molecular flexibility index (Phi) is 5.02. The van der Waals surface area contributed by atoms with E-state index in [0.29, 0.717) is 40.3 Å². The minimum atomic E-state index is -0.108. The average molecular weight is 382 g/mol. The van der Waals surface area contributed by atoms with Crippen LogP contribution in [0.3, 0.4) is 0 Å². The smallest absolute Gasteiger partial charge is 0.258 e. The van der Waals surface area contributed by atoms with Crippen LogP contribution in [0, 0.1) is 0 Å². The molecule has 0 unspecified atom stereocenters. The molecule has 0 aliphatic heterocycles. The van der Waals surface area contributed by atoms with Gasteiger partial charge in [-0.1, -0.05) is 49.7 Å². The number of aromatic amines is 1. The highest BCUT2D eigenvalue weighted by molar-refractivity contribution is 6.31. The van der Waals surface area contributed by atoms with E-state index in [2.05, 4.69) is 53.0 Å².